The molecular weight excluding hydrogens is 382 g/mol. The van der Waals surface area contributed by atoms with Crippen LogP contribution >= 0.6 is 12.4 Å². The summed E-state index contributed by atoms with van der Waals surface area (Å²) in [7, 11) is -2.03. The highest BCUT2D eigenvalue weighted by atomic mass is 35.5. The first-order valence-corrected chi connectivity index (χ1v) is 9.70. The number of hydrogen-bond donors (Lipinski definition) is 1. The summed E-state index contributed by atoms with van der Waals surface area (Å²) in [5.41, 5.74) is 0. The zero-order chi connectivity index (χ0) is 17.9. The van der Waals surface area contributed by atoms with Gasteiger partial charge in [0.1, 0.15) is 11.8 Å². The zero-order valence-electron chi connectivity index (χ0n) is 14.6. The minimum atomic E-state index is -3.56. The number of halogens is 1. The average molecular weight is 406 g/mol. The van der Waals surface area contributed by atoms with Gasteiger partial charge in [-0.3, -0.25) is 4.79 Å². The number of piperazine rings is 1. The number of nitrogens with one attached hydrogen (secondary N) is 1. The number of carbonyl (C=O) groups excluding carboxylic acids is 1. The number of ether oxygens (including phenoxy) is 2. The lowest BCUT2D eigenvalue weighted by Crippen LogP contribution is -2.57. The van der Waals surface area contributed by atoms with Crippen molar-refractivity contribution in [1.29, 1.82) is 0 Å². The van der Waals surface area contributed by atoms with Crippen LogP contribution in [0.15, 0.2) is 29.2 Å². The number of methoxy groups -OCH3 is 1. The van der Waals surface area contributed by atoms with E-state index < -0.39 is 10.0 Å². The molecule has 146 valence electrons. The normalized spacial score (nSPS) is 21.7. The molecule has 0 radical (unpaired) electrons. The van der Waals surface area contributed by atoms with Crippen LogP contribution in [0.2, 0.25) is 0 Å². The van der Waals surface area contributed by atoms with Crippen LogP contribution in [0.4, 0.5) is 0 Å². The van der Waals surface area contributed by atoms with E-state index in [2.05, 4.69) is 5.32 Å². The zero-order valence-corrected chi connectivity index (χ0v) is 16.2. The maximum atomic E-state index is 12.7. The second-order valence-electron chi connectivity index (χ2n) is 5.99. The summed E-state index contributed by atoms with van der Waals surface area (Å²) >= 11 is 0. The molecule has 0 aliphatic carbocycles. The number of rotatable bonds is 4. The highest BCUT2D eigenvalue weighted by Crippen LogP contribution is 2.21. The fourth-order valence-corrected chi connectivity index (χ4v) is 4.41. The molecule has 3 rings (SSSR count). The largest absolute Gasteiger partial charge is 0.497 e. The number of carbonyl (C=O) groups is 1. The molecule has 10 heteroatoms. The minimum Gasteiger partial charge on any atom is -0.497 e. The molecule has 0 aromatic heterocycles. The third-order valence-corrected chi connectivity index (χ3v) is 6.38. The molecule has 1 aromatic rings. The van der Waals surface area contributed by atoms with Gasteiger partial charge in [-0.05, 0) is 24.3 Å². The number of amides is 1. The van der Waals surface area contributed by atoms with Gasteiger partial charge >= 0.3 is 0 Å². The Morgan fingerprint density at radius 3 is 2.38 bits per heavy atom. The summed E-state index contributed by atoms with van der Waals surface area (Å²) in [5.74, 6) is 0.581. The van der Waals surface area contributed by atoms with Crippen molar-refractivity contribution >= 4 is 28.3 Å². The minimum absolute atomic E-state index is 0. The van der Waals surface area contributed by atoms with Crippen molar-refractivity contribution in [3.05, 3.63) is 24.3 Å². The van der Waals surface area contributed by atoms with Crippen molar-refractivity contribution in [3.8, 4) is 5.75 Å². The first-order valence-electron chi connectivity index (χ1n) is 8.26. The maximum absolute atomic E-state index is 12.7. The van der Waals surface area contributed by atoms with Crippen molar-refractivity contribution in [1.82, 2.24) is 14.5 Å². The number of nitrogens with zero attached hydrogens (tertiary/aromatic N) is 2. The Kier molecular flexibility index (Phi) is 7.24. The SMILES string of the molecule is COc1ccc(S(=O)(=O)N2CCN(C(=O)C3COCCN3)CC2)cc1.Cl. The summed E-state index contributed by atoms with van der Waals surface area (Å²) in [6.45, 7) is 2.96. The van der Waals surface area contributed by atoms with Gasteiger partial charge in [0.15, 0.2) is 0 Å². The molecule has 8 nitrogen and oxygen atoms in total. The van der Waals surface area contributed by atoms with Gasteiger partial charge in [-0.2, -0.15) is 4.31 Å². The predicted octanol–water partition coefficient (Wildman–Crippen LogP) is -0.0617. The fourth-order valence-electron chi connectivity index (χ4n) is 2.99. The lowest BCUT2D eigenvalue weighted by molar-refractivity contribution is -0.137. The van der Waals surface area contributed by atoms with E-state index in [1.807, 2.05) is 0 Å². The molecule has 1 amide bonds. The van der Waals surface area contributed by atoms with Gasteiger partial charge in [0.05, 0.1) is 25.2 Å². The first-order chi connectivity index (χ1) is 12.0. The Morgan fingerprint density at radius 2 is 1.85 bits per heavy atom. The highest BCUT2D eigenvalue weighted by molar-refractivity contribution is 7.89. The van der Waals surface area contributed by atoms with E-state index in [1.165, 1.54) is 23.5 Å². The van der Waals surface area contributed by atoms with Crippen LogP contribution in [0.25, 0.3) is 0 Å². The number of hydrogen-bond acceptors (Lipinski definition) is 6. The van der Waals surface area contributed by atoms with E-state index in [0.29, 0.717) is 38.6 Å². The van der Waals surface area contributed by atoms with Crippen molar-refractivity contribution < 1.29 is 22.7 Å². The third kappa shape index (κ3) is 4.47. The molecule has 2 heterocycles. The van der Waals surface area contributed by atoms with Crippen LogP contribution in [0.3, 0.4) is 0 Å². The highest BCUT2D eigenvalue weighted by Gasteiger charge is 2.33. The summed E-state index contributed by atoms with van der Waals surface area (Å²) in [4.78, 5) is 14.4. The summed E-state index contributed by atoms with van der Waals surface area (Å²) < 4.78 is 37.2. The molecule has 1 N–H and O–H groups in total. The molecule has 1 aromatic carbocycles. The predicted molar refractivity (Wildman–Crippen MR) is 98.2 cm³/mol. The van der Waals surface area contributed by atoms with Crippen molar-refractivity contribution in [2.45, 2.75) is 10.9 Å². The summed E-state index contributed by atoms with van der Waals surface area (Å²) in [6.07, 6.45) is 0. The second-order valence-corrected chi connectivity index (χ2v) is 7.92. The molecule has 2 saturated heterocycles. The quantitative estimate of drug-likeness (QED) is 0.755. The van der Waals surface area contributed by atoms with Crippen molar-refractivity contribution in [2.24, 2.45) is 0 Å². The Morgan fingerprint density at radius 1 is 1.19 bits per heavy atom. The Bertz CT molecular complexity index is 699. The van der Waals surface area contributed by atoms with Gasteiger partial charge in [0.25, 0.3) is 0 Å². The molecule has 1 atom stereocenters. The van der Waals surface area contributed by atoms with E-state index in [1.54, 1.807) is 17.0 Å². The topological polar surface area (TPSA) is 88.2 Å². The van der Waals surface area contributed by atoms with E-state index in [9.17, 15) is 13.2 Å². The summed E-state index contributed by atoms with van der Waals surface area (Å²) in [5, 5.41) is 3.13. The van der Waals surface area contributed by atoms with Crippen molar-refractivity contribution in [3.63, 3.8) is 0 Å². The maximum Gasteiger partial charge on any atom is 0.243 e. The van der Waals surface area contributed by atoms with E-state index in [-0.39, 0.29) is 42.3 Å². The lowest BCUT2D eigenvalue weighted by Gasteiger charge is -2.36. The molecule has 2 aliphatic rings. The van der Waals surface area contributed by atoms with Gasteiger partial charge in [0, 0.05) is 32.7 Å². The van der Waals surface area contributed by atoms with Gasteiger partial charge in [-0.1, -0.05) is 0 Å². The molecule has 2 aliphatic heterocycles. The van der Waals surface area contributed by atoms with E-state index in [0.717, 1.165) is 0 Å². The molecule has 2 fully saturated rings. The van der Waals surface area contributed by atoms with Crippen LogP contribution in [0, 0.1) is 0 Å². The van der Waals surface area contributed by atoms with Gasteiger partial charge in [-0.25, -0.2) is 8.42 Å². The van der Waals surface area contributed by atoms with Crippen molar-refractivity contribution in [2.75, 3.05) is 53.0 Å². The number of morpholine rings is 1. The monoisotopic (exact) mass is 405 g/mol. The molecule has 1 unspecified atom stereocenters. The van der Waals surface area contributed by atoms with Crippen LogP contribution in [0.1, 0.15) is 0 Å². The third-order valence-electron chi connectivity index (χ3n) is 4.47. The second kappa shape index (κ2) is 9.01. The van der Waals surface area contributed by atoms with Crippen LogP contribution in [0.5, 0.6) is 5.75 Å². The number of sulfonamides is 1. The van der Waals surface area contributed by atoms with Crippen LogP contribution in [-0.2, 0) is 19.6 Å². The number of benzene rings is 1. The molecular formula is C16H24ClN3O5S. The Labute approximate surface area is 159 Å². The molecule has 26 heavy (non-hydrogen) atoms. The van der Waals surface area contributed by atoms with Gasteiger partial charge in [-0.15, -0.1) is 12.4 Å². The van der Waals surface area contributed by atoms with Crippen LogP contribution < -0.4 is 10.1 Å². The Hall–Kier alpha value is -1.39. The average Bonchev–Trinajstić information content (AvgIpc) is 2.68. The Balaban J connectivity index is 0.00000243. The van der Waals surface area contributed by atoms with Gasteiger partial charge in [0.2, 0.25) is 15.9 Å². The first kappa shape index (κ1) is 20.9. The molecule has 0 bridgehead atoms. The molecule has 0 spiro atoms. The smallest absolute Gasteiger partial charge is 0.243 e. The van der Waals surface area contributed by atoms with E-state index in [4.69, 9.17) is 9.47 Å². The van der Waals surface area contributed by atoms with Crippen LogP contribution in [-0.4, -0.2) is 82.6 Å². The lowest BCUT2D eigenvalue weighted by atomic mass is 10.2. The van der Waals surface area contributed by atoms with Gasteiger partial charge < -0.3 is 19.7 Å². The fraction of sp³-hybridized carbons (Fsp3) is 0.562. The molecule has 0 saturated carbocycles. The van der Waals surface area contributed by atoms with E-state index >= 15 is 0 Å². The standard InChI is InChI=1S/C16H23N3O5S.ClH/c1-23-13-2-4-14(5-3-13)25(21,22)19-9-7-18(8-10-19)16(20)15-12-24-11-6-17-15;/h2-5,15,17H,6-12H2,1H3;1H. The summed E-state index contributed by atoms with van der Waals surface area (Å²) in [6, 6.07) is 5.99.